The number of hydrogen-bond acceptors (Lipinski definition) is 0. The lowest BCUT2D eigenvalue weighted by Crippen LogP contribution is -1.74. The van der Waals surface area contributed by atoms with Crippen molar-refractivity contribution < 1.29 is 0 Å². The van der Waals surface area contributed by atoms with Crippen LogP contribution in [0.1, 0.15) is 33.1 Å². The van der Waals surface area contributed by atoms with Gasteiger partial charge in [0.05, 0.1) is 0 Å². The van der Waals surface area contributed by atoms with E-state index in [-0.39, 0.29) is 0 Å². The summed E-state index contributed by atoms with van der Waals surface area (Å²) in [5, 5.41) is 0. The van der Waals surface area contributed by atoms with Crippen LogP contribution in [-0.4, -0.2) is 0 Å². The molecule has 0 heterocycles. The third-order valence-electron chi connectivity index (χ3n) is 1.94. The molecule has 1 aliphatic carbocycles. The molecule has 0 heteroatoms. The van der Waals surface area contributed by atoms with Crippen molar-refractivity contribution in [1.82, 2.24) is 0 Å². The van der Waals surface area contributed by atoms with Crippen molar-refractivity contribution in [1.29, 1.82) is 0 Å². The van der Waals surface area contributed by atoms with Gasteiger partial charge in [0.25, 0.3) is 0 Å². The van der Waals surface area contributed by atoms with E-state index < -0.39 is 0 Å². The van der Waals surface area contributed by atoms with Gasteiger partial charge < -0.3 is 0 Å². The van der Waals surface area contributed by atoms with Crippen LogP contribution in [0.4, 0.5) is 0 Å². The summed E-state index contributed by atoms with van der Waals surface area (Å²) in [5.41, 5.74) is 0. The lowest BCUT2D eigenvalue weighted by atomic mass is 10.2. The van der Waals surface area contributed by atoms with E-state index in [0.29, 0.717) is 0 Å². The molecule has 1 fully saturated rings. The van der Waals surface area contributed by atoms with Gasteiger partial charge in [0.2, 0.25) is 0 Å². The zero-order valence-corrected chi connectivity index (χ0v) is 5.28. The molecule has 1 saturated carbocycles. The first-order chi connectivity index (χ1) is 3.34. The van der Waals surface area contributed by atoms with E-state index in [1.165, 1.54) is 19.3 Å². The molecule has 0 spiro atoms. The molecule has 2 atom stereocenters. The van der Waals surface area contributed by atoms with Crippen LogP contribution in [0.25, 0.3) is 0 Å². The van der Waals surface area contributed by atoms with Gasteiger partial charge >= 0.3 is 0 Å². The third-order valence-corrected chi connectivity index (χ3v) is 1.94. The van der Waals surface area contributed by atoms with E-state index in [1.54, 1.807) is 0 Å². The van der Waals surface area contributed by atoms with Crippen LogP contribution >= 0.6 is 0 Å². The van der Waals surface area contributed by atoms with Crippen LogP contribution in [0.5, 0.6) is 0 Å². The lowest BCUT2D eigenvalue weighted by Gasteiger charge is -1.86. The quantitative estimate of drug-likeness (QED) is 0.497. The Balaban J connectivity index is 1.98. The third kappa shape index (κ3) is 1.19. The molecular weight excluding hydrogens is 84.1 g/mol. The van der Waals surface area contributed by atoms with E-state index in [0.717, 1.165) is 11.8 Å². The molecule has 0 amide bonds. The maximum Gasteiger partial charge on any atom is -0.0386 e. The highest BCUT2D eigenvalue weighted by molar-refractivity contribution is 4.81. The Labute approximate surface area is 45.9 Å². The first-order valence-electron chi connectivity index (χ1n) is 3.34. The fraction of sp³-hybridized carbons (Fsp3) is 1.00. The van der Waals surface area contributed by atoms with Crippen LogP contribution in [-0.2, 0) is 0 Å². The predicted octanol–water partition coefficient (Wildman–Crippen LogP) is 2.44. The molecule has 1 unspecified atom stereocenters. The number of hydrogen-bond donors (Lipinski definition) is 0. The molecule has 7 heavy (non-hydrogen) atoms. The topological polar surface area (TPSA) is 0 Å². The molecule has 0 N–H and O–H groups in total. The monoisotopic (exact) mass is 98.1 g/mol. The Hall–Kier alpha value is 0. The summed E-state index contributed by atoms with van der Waals surface area (Å²) in [6.45, 7) is 4.62. The van der Waals surface area contributed by atoms with Crippen LogP contribution in [0.15, 0.2) is 0 Å². The summed E-state index contributed by atoms with van der Waals surface area (Å²) in [5.74, 6) is 2.19. The SMILES string of the molecule is CCCC1C[C@@H]1C. The average Bonchev–Trinajstić information content (AvgIpc) is 2.22. The van der Waals surface area contributed by atoms with Crippen molar-refractivity contribution in [3.05, 3.63) is 0 Å². The van der Waals surface area contributed by atoms with Crippen molar-refractivity contribution in [3.63, 3.8) is 0 Å². The molecule has 0 bridgehead atoms. The Morgan fingerprint density at radius 3 is 2.29 bits per heavy atom. The second-order valence-corrected chi connectivity index (χ2v) is 2.76. The molecule has 1 rings (SSSR count). The van der Waals surface area contributed by atoms with Gasteiger partial charge in [-0.05, 0) is 18.3 Å². The summed E-state index contributed by atoms with van der Waals surface area (Å²) in [6, 6.07) is 0. The summed E-state index contributed by atoms with van der Waals surface area (Å²) in [7, 11) is 0. The first-order valence-corrected chi connectivity index (χ1v) is 3.34. The van der Waals surface area contributed by atoms with Crippen LogP contribution in [0.2, 0.25) is 0 Å². The molecule has 0 aromatic heterocycles. The molecule has 0 saturated heterocycles. The molecule has 0 nitrogen and oxygen atoms in total. The molecule has 0 aromatic rings. The normalized spacial score (nSPS) is 38.6. The number of rotatable bonds is 2. The van der Waals surface area contributed by atoms with Gasteiger partial charge in [0.1, 0.15) is 0 Å². The van der Waals surface area contributed by atoms with Gasteiger partial charge in [-0.15, -0.1) is 0 Å². The molecular formula is C7H14. The maximum absolute atomic E-state index is 2.35. The van der Waals surface area contributed by atoms with E-state index in [2.05, 4.69) is 13.8 Å². The van der Waals surface area contributed by atoms with Gasteiger partial charge in [0, 0.05) is 0 Å². The zero-order chi connectivity index (χ0) is 5.28. The summed E-state index contributed by atoms with van der Waals surface area (Å²) in [6.07, 6.45) is 4.37. The zero-order valence-electron chi connectivity index (χ0n) is 5.28. The molecule has 0 aromatic carbocycles. The molecule has 0 aliphatic heterocycles. The minimum Gasteiger partial charge on any atom is -0.0654 e. The average molecular weight is 98.2 g/mol. The Kier molecular flexibility index (Phi) is 1.36. The molecule has 1 aliphatic rings. The van der Waals surface area contributed by atoms with Gasteiger partial charge in [-0.1, -0.05) is 26.7 Å². The largest absolute Gasteiger partial charge is 0.0654 e. The fourth-order valence-corrected chi connectivity index (χ4v) is 1.17. The van der Waals surface area contributed by atoms with E-state index in [4.69, 9.17) is 0 Å². The molecule has 42 valence electrons. The van der Waals surface area contributed by atoms with Crippen molar-refractivity contribution >= 4 is 0 Å². The summed E-state index contributed by atoms with van der Waals surface area (Å²) in [4.78, 5) is 0. The van der Waals surface area contributed by atoms with Gasteiger partial charge in [-0.2, -0.15) is 0 Å². The highest BCUT2D eigenvalue weighted by Crippen LogP contribution is 2.40. The Morgan fingerprint density at radius 2 is 2.14 bits per heavy atom. The van der Waals surface area contributed by atoms with Crippen molar-refractivity contribution in [2.75, 3.05) is 0 Å². The van der Waals surface area contributed by atoms with Crippen LogP contribution in [0.3, 0.4) is 0 Å². The second-order valence-electron chi connectivity index (χ2n) is 2.76. The van der Waals surface area contributed by atoms with Gasteiger partial charge in [0.15, 0.2) is 0 Å². The predicted molar refractivity (Wildman–Crippen MR) is 32.2 cm³/mol. The van der Waals surface area contributed by atoms with Crippen LogP contribution in [0, 0.1) is 11.8 Å². The van der Waals surface area contributed by atoms with E-state index >= 15 is 0 Å². The summed E-state index contributed by atoms with van der Waals surface area (Å²) < 4.78 is 0. The Morgan fingerprint density at radius 1 is 1.57 bits per heavy atom. The van der Waals surface area contributed by atoms with Gasteiger partial charge in [-0.25, -0.2) is 0 Å². The van der Waals surface area contributed by atoms with Crippen LogP contribution < -0.4 is 0 Å². The van der Waals surface area contributed by atoms with Crippen molar-refractivity contribution in [2.45, 2.75) is 33.1 Å². The minimum atomic E-state index is 1.07. The molecule has 0 radical (unpaired) electrons. The highest BCUT2D eigenvalue weighted by atomic mass is 14.4. The summed E-state index contributed by atoms with van der Waals surface area (Å²) >= 11 is 0. The van der Waals surface area contributed by atoms with Crippen molar-refractivity contribution in [3.8, 4) is 0 Å². The standard InChI is InChI=1S/C7H14/c1-3-4-7-5-6(7)2/h6-7H,3-5H2,1-2H3/t6-,7?/m0/s1. The highest BCUT2D eigenvalue weighted by Gasteiger charge is 2.30. The Bertz CT molecular complexity index is 57.1. The van der Waals surface area contributed by atoms with E-state index in [9.17, 15) is 0 Å². The second kappa shape index (κ2) is 1.85. The first kappa shape index (κ1) is 5.14. The van der Waals surface area contributed by atoms with E-state index in [1.807, 2.05) is 0 Å². The lowest BCUT2D eigenvalue weighted by molar-refractivity contribution is 0.659. The van der Waals surface area contributed by atoms with Gasteiger partial charge in [-0.3, -0.25) is 0 Å². The minimum absolute atomic E-state index is 1.07. The van der Waals surface area contributed by atoms with Crippen molar-refractivity contribution in [2.24, 2.45) is 11.8 Å². The maximum atomic E-state index is 2.35. The smallest absolute Gasteiger partial charge is 0.0386 e. The fourth-order valence-electron chi connectivity index (χ4n) is 1.17.